The molecule has 0 aliphatic carbocycles. The van der Waals surface area contributed by atoms with Crippen LogP contribution < -0.4 is 10.0 Å². The van der Waals surface area contributed by atoms with Crippen LogP contribution >= 0.6 is 0 Å². The minimum absolute atomic E-state index is 0.170. The minimum atomic E-state index is -3.59. The largest absolute Gasteiger partial charge is 0.379 e. The van der Waals surface area contributed by atoms with Crippen molar-refractivity contribution >= 4 is 32.5 Å². The molecule has 1 saturated heterocycles. The number of para-hydroxylation sites is 1. The molecule has 1 aliphatic rings. The summed E-state index contributed by atoms with van der Waals surface area (Å²) in [5.74, 6) is -0.170. The van der Waals surface area contributed by atoms with E-state index in [9.17, 15) is 13.2 Å². The maximum Gasteiger partial charge on any atom is 0.244 e. The van der Waals surface area contributed by atoms with Crippen LogP contribution in [0.15, 0.2) is 59.5 Å². The van der Waals surface area contributed by atoms with Gasteiger partial charge in [0.25, 0.3) is 0 Å². The second-order valence-electron chi connectivity index (χ2n) is 8.21. The van der Waals surface area contributed by atoms with E-state index in [1.807, 2.05) is 35.8 Å². The fourth-order valence-corrected chi connectivity index (χ4v) is 5.11. The molecule has 1 aromatic heterocycles. The lowest BCUT2D eigenvalue weighted by molar-refractivity contribution is -0.116. The van der Waals surface area contributed by atoms with E-state index >= 15 is 0 Å². The molecule has 1 fully saturated rings. The lowest BCUT2D eigenvalue weighted by atomic mass is 10.2. The second-order valence-corrected chi connectivity index (χ2v) is 9.98. The Morgan fingerprint density at radius 3 is 2.55 bits per heavy atom. The number of fused-ring (bicyclic) bond motifs is 1. The van der Waals surface area contributed by atoms with Gasteiger partial charge in [0.2, 0.25) is 15.9 Å². The molecule has 8 nitrogen and oxygen atoms in total. The van der Waals surface area contributed by atoms with Gasteiger partial charge in [-0.15, -0.1) is 0 Å². The molecule has 0 saturated carbocycles. The number of sulfonamides is 1. The first-order chi connectivity index (χ1) is 15.9. The fourth-order valence-electron chi connectivity index (χ4n) is 4.04. The maximum atomic E-state index is 12.6. The number of morpholine rings is 1. The van der Waals surface area contributed by atoms with Gasteiger partial charge in [0.15, 0.2) is 0 Å². The number of nitrogens with one attached hydrogen (secondary N) is 2. The zero-order valence-electron chi connectivity index (χ0n) is 18.8. The smallest absolute Gasteiger partial charge is 0.244 e. The topological polar surface area (TPSA) is 92.7 Å². The number of rotatable bonds is 9. The predicted octanol–water partition coefficient (Wildman–Crippen LogP) is 2.59. The zero-order chi connectivity index (χ0) is 23.3. The van der Waals surface area contributed by atoms with Gasteiger partial charge in [0, 0.05) is 36.5 Å². The zero-order valence-corrected chi connectivity index (χ0v) is 19.6. The van der Waals surface area contributed by atoms with Gasteiger partial charge in [0.05, 0.1) is 18.1 Å². The molecule has 4 rings (SSSR count). The Kier molecular flexibility index (Phi) is 7.44. The van der Waals surface area contributed by atoms with Crippen molar-refractivity contribution in [3.63, 3.8) is 0 Å². The summed E-state index contributed by atoms with van der Waals surface area (Å²) < 4.78 is 35.0. The number of anilines is 1. The lowest BCUT2D eigenvalue weighted by Gasteiger charge is -2.26. The molecular formula is C24H30N4O4S. The van der Waals surface area contributed by atoms with Crippen LogP contribution in [0, 0.1) is 6.92 Å². The first-order valence-electron chi connectivity index (χ1n) is 11.2. The first-order valence-corrected chi connectivity index (χ1v) is 12.7. The Hall–Kier alpha value is -2.72. The Balaban J connectivity index is 1.29. The van der Waals surface area contributed by atoms with Crippen LogP contribution in [-0.2, 0) is 26.1 Å². The number of hydrogen-bond donors (Lipinski definition) is 2. The van der Waals surface area contributed by atoms with Crippen LogP contribution in [-0.4, -0.2) is 63.2 Å². The van der Waals surface area contributed by atoms with Crippen LogP contribution in [0.2, 0.25) is 0 Å². The minimum Gasteiger partial charge on any atom is -0.379 e. The average molecular weight is 471 g/mol. The summed E-state index contributed by atoms with van der Waals surface area (Å²) in [4.78, 5) is 15.0. The quantitative estimate of drug-likeness (QED) is 0.469. The van der Waals surface area contributed by atoms with Gasteiger partial charge in [-0.05, 0) is 61.7 Å². The number of carbonyl (C=O) groups is 1. The predicted molar refractivity (Wildman–Crippen MR) is 129 cm³/mol. The molecule has 9 heteroatoms. The number of hydrogen-bond acceptors (Lipinski definition) is 5. The van der Waals surface area contributed by atoms with E-state index in [1.54, 1.807) is 12.1 Å². The molecule has 0 radical (unpaired) electrons. The Morgan fingerprint density at radius 2 is 1.79 bits per heavy atom. The van der Waals surface area contributed by atoms with Gasteiger partial charge in [-0.3, -0.25) is 9.69 Å². The maximum absolute atomic E-state index is 12.6. The molecule has 2 N–H and O–H groups in total. The molecule has 2 heterocycles. The number of ether oxygens (including phenoxy) is 1. The normalized spacial score (nSPS) is 15.1. The van der Waals surface area contributed by atoms with Gasteiger partial charge in [-0.25, -0.2) is 13.1 Å². The molecule has 3 aromatic rings. The summed E-state index contributed by atoms with van der Waals surface area (Å²) in [5.41, 5.74) is 2.57. The van der Waals surface area contributed by atoms with Crippen molar-refractivity contribution in [1.82, 2.24) is 14.2 Å². The first kappa shape index (κ1) is 23.4. The van der Waals surface area contributed by atoms with Crippen molar-refractivity contribution in [1.29, 1.82) is 0 Å². The number of amides is 1. The van der Waals surface area contributed by atoms with Crippen molar-refractivity contribution in [3.8, 4) is 0 Å². The Morgan fingerprint density at radius 1 is 1.06 bits per heavy atom. The number of aryl methyl sites for hydroxylation is 1. The molecular weight excluding hydrogens is 440 g/mol. The van der Waals surface area contributed by atoms with Crippen molar-refractivity contribution < 1.29 is 17.9 Å². The molecule has 33 heavy (non-hydrogen) atoms. The summed E-state index contributed by atoms with van der Waals surface area (Å²) in [7, 11) is -3.59. The van der Waals surface area contributed by atoms with E-state index in [2.05, 4.69) is 21.0 Å². The molecule has 2 aromatic carbocycles. The Labute approximate surface area is 194 Å². The van der Waals surface area contributed by atoms with Crippen molar-refractivity contribution in [2.75, 3.05) is 44.7 Å². The summed E-state index contributed by atoms with van der Waals surface area (Å²) in [5, 5.41) is 3.94. The van der Waals surface area contributed by atoms with Crippen LogP contribution in [0.3, 0.4) is 0 Å². The molecule has 0 atom stereocenters. The third kappa shape index (κ3) is 6.00. The third-order valence-corrected chi connectivity index (χ3v) is 7.29. The monoisotopic (exact) mass is 470 g/mol. The van der Waals surface area contributed by atoms with E-state index in [4.69, 9.17) is 4.74 Å². The molecule has 176 valence electrons. The van der Waals surface area contributed by atoms with Gasteiger partial charge in [0.1, 0.15) is 6.54 Å². The van der Waals surface area contributed by atoms with E-state index in [0.29, 0.717) is 12.2 Å². The van der Waals surface area contributed by atoms with Gasteiger partial charge >= 0.3 is 0 Å². The van der Waals surface area contributed by atoms with Crippen molar-refractivity contribution in [2.45, 2.75) is 24.8 Å². The number of aromatic nitrogens is 1. The summed E-state index contributed by atoms with van der Waals surface area (Å²) >= 11 is 0. The van der Waals surface area contributed by atoms with Crippen LogP contribution in [0.25, 0.3) is 10.9 Å². The average Bonchev–Trinajstić information content (AvgIpc) is 3.13. The van der Waals surface area contributed by atoms with E-state index < -0.39 is 10.0 Å². The molecule has 0 bridgehead atoms. The molecule has 1 aliphatic heterocycles. The van der Waals surface area contributed by atoms with Crippen LogP contribution in [0.5, 0.6) is 0 Å². The summed E-state index contributed by atoms with van der Waals surface area (Å²) in [6.45, 7) is 6.62. The lowest BCUT2D eigenvalue weighted by Crippen LogP contribution is -2.38. The number of benzene rings is 2. The highest BCUT2D eigenvalue weighted by Gasteiger charge is 2.15. The highest BCUT2D eigenvalue weighted by atomic mass is 32.2. The summed E-state index contributed by atoms with van der Waals surface area (Å²) in [6.07, 6.45) is 0.737. The number of carbonyl (C=O) groups excluding carboxylic acids is 1. The fraction of sp³-hybridized carbons (Fsp3) is 0.375. The molecule has 0 unspecified atom stereocenters. The third-order valence-electron chi connectivity index (χ3n) is 5.81. The van der Waals surface area contributed by atoms with E-state index in [1.165, 1.54) is 12.1 Å². The van der Waals surface area contributed by atoms with Gasteiger partial charge < -0.3 is 14.6 Å². The van der Waals surface area contributed by atoms with E-state index in [0.717, 1.165) is 55.9 Å². The highest BCUT2D eigenvalue weighted by molar-refractivity contribution is 7.89. The Bertz CT molecular complexity index is 1200. The molecule has 1 amide bonds. The molecule has 0 spiro atoms. The van der Waals surface area contributed by atoms with Crippen molar-refractivity contribution in [3.05, 3.63) is 60.3 Å². The van der Waals surface area contributed by atoms with E-state index in [-0.39, 0.29) is 17.3 Å². The second kappa shape index (κ2) is 10.5. The summed E-state index contributed by atoms with van der Waals surface area (Å²) in [6, 6.07) is 16.2. The standard InChI is InChI=1S/C24H30N4O4S/c1-19-17-20-5-2-3-6-23(20)28(19)18-24(29)26-21-7-9-22(10-8-21)33(30,31)25-11-4-12-27-13-15-32-16-14-27/h2-3,5-10,17,25H,4,11-16,18H2,1H3,(H,26,29). The van der Waals surface area contributed by atoms with Crippen molar-refractivity contribution in [2.24, 2.45) is 0 Å². The SMILES string of the molecule is Cc1cc2ccccc2n1CC(=O)Nc1ccc(S(=O)(=O)NCCCN2CCOCC2)cc1. The number of nitrogens with zero attached hydrogens (tertiary/aromatic N) is 2. The van der Waals surface area contributed by atoms with Crippen LogP contribution in [0.4, 0.5) is 5.69 Å². The van der Waals surface area contributed by atoms with Crippen LogP contribution in [0.1, 0.15) is 12.1 Å². The van der Waals surface area contributed by atoms with Gasteiger partial charge in [-0.1, -0.05) is 18.2 Å². The highest BCUT2D eigenvalue weighted by Crippen LogP contribution is 2.20. The van der Waals surface area contributed by atoms with Gasteiger partial charge in [-0.2, -0.15) is 0 Å².